The van der Waals surface area contributed by atoms with Crippen molar-refractivity contribution in [2.24, 2.45) is 4.99 Å². The molecule has 0 aliphatic rings. The monoisotopic (exact) mass is 413 g/mol. The average molecular weight is 414 g/mol. The Labute approximate surface area is 182 Å². The van der Waals surface area contributed by atoms with Gasteiger partial charge in [0, 0.05) is 31.3 Å². The minimum absolute atomic E-state index is 0.0868. The van der Waals surface area contributed by atoms with Gasteiger partial charge in [0.1, 0.15) is 0 Å². The molecule has 7 nitrogen and oxygen atoms in total. The van der Waals surface area contributed by atoms with Crippen LogP contribution in [0.3, 0.4) is 0 Å². The van der Waals surface area contributed by atoms with E-state index in [1.54, 1.807) is 12.4 Å². The average Bonchev–Trinajstić information content (AvgIpc) is 3.52. The Balaban J connectivity index is 1.47. The molecule has 1 unspecified atom stereocenters. The first-order valence-electron chi connectivity index (χ1n) is 10.5. The van der Waals surface area contributed by atoms with Crippen LogP contribution in [-0.2, 0) is 6.54 Å². The first-order valence-corrected chi connectivity index (χ1v) is 10.5. The zero-order valence-corrected chi connectivity index (χ0v) is 17.8. The molecular weight excluding hydrogens is 386 g/mol. The maximum Gasteiger partial charge on any atom is 0.192 e. The van der Waals surface area contributed by atoms with Crippen LogP contribution in [0.5, 0.6) is 0 Å². The third-order valence-corrected chi connectivity index (χ3v) is 4.94. The van der Waals surface area contributed by atoms with Gasteiger partial charge in [-0.3, -0.25) is 0 Å². The molecule has 0 amide bonds. The first kappa shape index (κ1) is 20.4. The summed E-state index contributed by atoms with van der Waals surface area (Å²) in [5.41, 5.74) is 4.35. The molecule has 158 valence electrons. The molecule has 2 aromatic carbocycles. The van der Waals surface area contributed by atoms with Gasteiger partial charge in [-0.2, -0.15) is 10.2 Å². The molecule has 0 saturated carbocycles. The largest absolute Gasteiger partial charge is 0.357 e. The lowest BCUT2D eigenvalue weighted by molar-refractivity contribution is 0.685. The van der Waals surface area contributed by atoms with E-state index in [2.05, 4.69) is 71.1 Å². The summed E-state index contributed by atoms with van der Waals surface area (Å²) in [7, 11) is 0. The molecule has 7 heteroatoms. The number of nitrogens with zero attached hydrogens (tertiary/aromatic N) is 5. The van der Waals surface area contributed by atoms with E-state index in [0.29, 0.717) is 6.54 Å². The molecule has 0 saturated heterocycles. The van der Waals surface area contributed by atoms with Crippen molar-refractivity contribution >= 4 is 5.96 Å². The van der Waals surface area contributed by atoms with E-state index in [4.69, 9.17) is 4.99 Å². The van der Waals surface area contributed by atoms with Crippen molar-refractivity contribution in [1.82, 2.24) is 30.2 Å². The number of hydrogen-bond acceptors (Lipinski definition) is 3. The van der Waals surface area contributed by atoms with Gasteiger partial charge >= 0.3 is 0 Å². The van der Waals surface area contributed by atoms with Crippen LogP contribution in [0.4, 0.5) is 0 Å². The van der Waals surface area contributed by atoms with E-state index in [9.17, 15) is 0 Å². The molecule has 0 fully saturated rings. The Morgan fingerprint density at radius 3 is 2.26 bits per heavy atom. The first-order chi connectivity index (χ1) is 15.2. The van der Waals surface area contributed by atoms with Gasteiger partial charge in [0.05, 0.1) is 24.0 Å². The van der Waals surface area contributed by atoms with E-state index in [-0.39, 0.29) is 6.04 Å². The Hall–Kier alpha value is -3.87. The van der Waals surface area contributed by atoms with E-state index in [1.165, 1.54) is 5.56 Å². The molecule has 0 radical (unpaired) electrons. The van der Waals surface area contributed by atoms with Crippen LogP contribution in [0.25, 0.3) is 11.4 Å². The summed E-state index contributed by atoms with van der Waals surface area (Å²) in [4.78, 5) is 4.79. The number of hydrogen-bond donors (Lipinski definition) is 2. The summed E-state index contributed by atoms with van der Waals surface area (Å²) in [5, 5.41) is 15.5. The Morgan fingerprint density at radius 1 is 0.935 bits per heavy atom. The molecular formula is C24H27N7. The standard InChI is InChI=1S/C24H27N7/c1-3-25-24(26-18-20-8-4-10-22(16-20)30-14-6-12-27-30)29-19(2)21-9-5-11-23(17-21)31-15-7-13-28-31/h4-17,19H,3,18H2,1-2H3,(H2,25,26,29). The second-order valence-corrected chi connectivity index (χ2v) is 7.23. The normalized spacial score (nSPS) is 12.5. The van der Waals surface area contributed by atoms with Gasteiger partial charge in [-0.15, -0.1) is 0 Å². The minimum Gasteiger partial charge on any atom is -0.357 e. The summed E-state index contributed by atoms with van der Waals surface area (Å²) in [6, 6.07) is 20.5. The number of aromatic nitrogens is 4. The highest BCUT2D eigenvalue weighted by atomic mass is 15.3. The molecule has 2 aromatic heterocycles. The zero-order valence-electron chi connectivity index (χ0n) is 17.8. The molecule has 2 heterocycles. The van der Waals surface area contributed by atoms with Crippen LogP contribution in [0.1, 0.15) is 31.0 Å². The third-order valence-electron chi connectivity index (χ3n) is 4.94. The second-order valence-electron chi connectivity index (χ2n) is 7.23. The molecule has 0 bridgehead atoms. The molecule has 0 spiro atoms. The van der Waals surface area contributed by atoms with Crippen molar-refractivity contribution in [3.8, 4) is 11.4 Å². The molecule has 2 N–H and O–H groups in total. The van der Waals surface area contributed by atoms with Crippen LogP contribution in [-0.4, -0.2) is 32.1 Å². The van der Waals surface area contributed by atoms with Gasteiger partial charge < -0.3 is 10.6 Å². The summed E-state index contributed by atoms with van der Waals surface area (Å²) >= 11 is 0. The molecule has 1 atom stereocenters. The molecule has 4 rings (SSSR count). The molecule has 0 aliphatic carbocycles. The lowest BCUT2D eigenvalue weighted by Gasteiger charge is -2.19. The van der Waals surface area contributed by atoms with Crippen molar-refractivity contribution in [2.45, 2.75) is 26.4 Å². The van der Waals surface area contributed by atoms with Gasteiger partial charge in [0.25, 0.3) is 0 Å². The summed E-state index contributed by atoms with van der Waals surface area (Å²) in [5.74, 6) is 0.781. The Kier molecular flexibility index (Phi) is 6.42. The highest BCUT2D eigenvalue weighted by molar-refractivity contribution is 5.80. The smallest absolute Gasteiger partial charge is 0.192 e. The van der Waals surface area contributed by atoms with Crippen LogP contribution in [0, 0.1) is 0 Å². The van der Waals surface area contributed by atoms with E-state index >= 15 is 0 Å². The number of nitrogens with one attached hydrogen (secondary N) is 2. The number of guanidine groups is 1. The van der Waals surface area contributed by atoms with Crippen molar-refractivity contribution < 1.29 is 0 Å². The van der Waals surface area contributed by atoms with Crippen molar-refractivity contribution in [1.29, 1.82) is 0 Å². The van der Waals surface area contributed by atoms with Gasteiger partial charge in [0.15, 0.2) is 5.96 Å². The fourth-order valence-electron chi connectivity index (χ4n) is 3.36. The summed E-state index contributed by atoms with van der Waals surface area (Å²) in [6.45, 7) is 5.57. The highest BCUT2D eigenvalue weighted by Gasteiger charge is 2.09. The van der Waals surface area contributed by atoms with E-state index in [1.807, 2.05) is 46.0 Å². The lowest BCUT2D eigenvalue weighted by atomic mass is 10.1. The number of aliphatic imine (C=N–C) groups is 1. The van der Waals surface area contributed by atoms with Crippen LogP contribution in [0.15, 0.2) is 90.4 Å². The Morgan fingerprint density at radius 2 is 1.61 bits per heavy atom. The molecule has 31 heavy (non-hydrogen) atoms. The van der Waals surface area contributed by atoms with E-state index < -0.39 is 0 Å². The van der Waals surface area contributed by atoms with Crippen molar-refractivity contribution in [3.63, 3.8) is 0 Å². The summed E-state index contributed by atoms with van der Waals surface area (Å²) < 4.78 is 3.72. The fourth-order valence-corrected chi connectivity index (χ4v) is 3.36. The van der Waals surface area contributed by atoms with Gasteiger partial charge in [-0.05, 0) is 61.4 Å². The minimum atomic E-state index is 0.0868. The van der Waals surface area contributed by atoms with Crippen molar-refractivity contribution in [2.75, 3.05) is 6.54 Å². The zero-order chi connectivity index (χ0) is 21.5. The van der Waals surface area contributed by atoms with Crippen LogP contribution < -0.4 is 10.6 Å². The van der Waals surface area contributed by atoms with E-state index in [0.717, 1.165) is 29.4 Å². The lowest BCUT2D eigenvalue weighted by Crippen LogP contribution is -2.38. The van der Waals surface area contributed by atoms with Crippen LogP contribution in [0.2, 0.25) is 0 Å². The third kappa shape index (κ3) is 5.19. The van der Waals surface area contributed by atoms with Crippen molar-refractivity contribution in [3.05, 3.63) is 96.6 Å². The Bertz CT molecular complexity index is 1110. The van der Waals surface area contributed by atoms with Gasteiger partial charge in [-0.25, -0.2) is 14.4 Å². The van der Waals surface area contributed by atoms with Gasteiger partial charge in [0.2, 0.25) is 0 Å². The quantitative estimate of drug-likeness (QED) is 0.356. The summed E-state index contributed by atoms with van der Waals surface area (Å²) in [6.07, 6.45) is 7.44. The van der Waals surface area contributed by atoms with Crippen LogP contribution >= 0.6 is 0 Å². The molecule has 0 aliphatic heterocycles. The predicted octanol–water partition coefficient (Wildman–Crippen LogP) is 3.87. The number of rotatable bonds is 7. The maximum atomic E-state index is 4.79. The highest BCUT2D eigenvalue weighted by Crippen LogP contribution is 2.17. The fraction of sp³-hybridized carbons (Fsp3) is 0.208. The number of benzene rings is 2. The molecule has 4 aromatic rings. The topological polar surface area (TPSA) is 72.1 Å². The predicted molar refractivity (Wildman–Crippen MR) is 123 cm³/mol. The second kappa shape index (κ2) is 9.75. The maximum absolute atomic E-state index is 4.79. The van der Waals surface area contributed by atoms with Gasteiger partial charge in [-0.1, -0.05) is 24.3 Å². The SMILES string of the molecule is CCNC(=NCc1cccc(-n2cccn2)c1)NC(C)c1cccc(-n2cccn2)c1.